The molecule has 0 radical (unpaired) electrons. The highest BCUT2D eigenvalue weighted by molar-refractivity contribution is 6.64. The predicted octanol–water partition coefficient (Wildman–Crippen LogP) is 5.38. The molecule has 8 heteroatoms. The van der Waals surface area contributed by atoms with E-state index in [2.05, 4.69) is 6.58 Å². The van der Waals surface area contributed by atoms with Gasteiger partial charge < -0.3 is 0 Å². The number of fused-ring (bicyclic) bond motifs is 2. The summed E-state index contributed by atoms with van der Waals surface area (Å²) in [5, 5.41) is -1.54. The molecule has 0 N–H and O–H groups in total. The van der Waals surface area contributed by atoms with Gasteiger partial charge in [0.25, 0.3) is 0 Å². The first-order valence-corrected chi connectivity index (χ1v) is 8.40. The van der Waals surface area contributed by atoms with Crippen molar-refractivity contribution < 1.29 is 0 Å². The average molecular weight is 412 g/mol. The van der Waals surface area contributed by atoms with Gasteiger partial charge in [-0.1, -0.05) is 29.8 Å². The average Bonchev–Trinajstić information content (AvgIpc) is 2.50. The lowest BCUT2D eigenvalue weighted by Crippen LogP contribution is -2.57. The summed E-state index contributed by atoms with van der Waals surface area (Å²) in [6, 6.07) is 0. The minimum Gasteiger partial charge on any atom is -0.126 e. The number of allylic oxidation sites excluding steroid dienone is 1. The third-order valence-electron chi connectivity index (χ3n) is 4.10. The second kappa shape index (κ2) is 4.53. The van der Waals surface area contributed by atoms with Gasteiger partial charge in [0.2, 0.25) is 0 Å². The van der Waals surface area contributed by atoms with Gasteiger partial charge in [-0.25, -0.2) is 0 Å². The van der Waals surface area contributed by atoms with E-state index in [1.807, 2.05) is 0 Å². The largest absolute Gasteiger partial charge is 0.164 e. The van der Waals surface area contributed by atoms with E-state index >= 15 is 0 Å². The number of hydrogen-bond donors (Lipinski definition) is 0. The van der Waals surface area contributed by atoms with E-state index in [0.717, 1.165) is 0 Å². The molecule has 4 unspecified atom stereocenters. The number of rotatable bonds is 2. The zero-order valence-corrected chi connectivity index (χ0v) is 14.8. The van der Waals surface area contributed by atoms with Crippen LogP contribution >= 0.6 is 92.8 Å². The van der Waals surface area contributed by atoms with Crippen LogP contribution in [0.25, 0.3) is 0 Å². The van der Waals surface area contributed by atoms with Crippen LogP contribution in [0.3, 0.4) is 0 Å². The molecule has 0 saturated heterocycles. The monoisotopic (exact) mass is 408 g/mol. The SMILES string of the molecule is C=C1C(CCl)(CCl)C2(Cl)C(Cl)C(Cl)C1(Cl)C2(Cl)Cl. The lowest BCUT2D eigenvalue weighted by atomic mass is 9.72. The molecule has 2 fully saturated rings. The van der Waals surface area contributed by atoms with Crippen molar-refractivity contribution in [3.63, 3.8) is 0 Å². The Morgan fingerprint density at radius 3 is 1.72 bits per heavy atom. The summed E-state index contributed by atoms with van der Waals surface area (Å²) < 4.78 is -1.61. The maximum atomic E-state index is 6.65. The highest BCUT2D eigenvalue weighted by atomic mass is 35.5. The molecule has 2 bridgehead atoms. The van der Waals surface area contributed by atoms with Crippen LogP contribution in [0.5, 0.6) is 0 Å². The molecule has 2 aliphatic rings. The lowest BCUT2D eigenvalue weighted by molar-refractivity contribution is 0.332. The van der Waals surface area contributed by atoms with Gasteiger partial charge in [0.1, 0.15) is 9.75 Å². The third-order valence-corrected chi connectivity index (χ3v) is 9.73. The Bertz CT molecular complexity index is 403. The van der Waals surface area contributed by atoms with E-state index < -0.39 is 30.3 Å². The van der Waals surface area contributed by atoms with Crippen molar-refractivity contribution >= 4 is 92.8 Å². The first kappa shape index (κ1) is 16.4. The van der Waals surface area contributed by atoms with Crippen LogP contribution in [0.1, 0.15) is 0 Å². The van der Waals surface area contributed by atoms with Gasteiger partial charge in [-0.3, -0.25) is 0 Å². The molecule has 0 amide bonds. The maximum absolute atomic E-state index is 6.65. The molecule has 2 saturated carbocycles. The maximum Gasteiger partial charge on any atom is 0.164 e. The Morgan fingerprint density at radius 1 is 0.944 bits per heavy atom. The second-order valence-corrected chi connectivity index (χ2v) is 8.62. The van der Waals surface area contributed by atoms with Gasteiger partial charge in [-0.05, 0) is 5.57 Å². The van der Waals surface area contributed by atoms with Crippen LogP contribution in [-0.4, -0.2) is 36.6 Å². The number of halogens is 8. The van der Waals surface area contributed by atoms with E-state index in [4.69, 9.17) is 92.8 Å². The summed E-state index contributed by atoms with van der Waals surface area (Å²) in [5.74, 6) is 0.114. The minimum atomic E-state index is -1.61. The first-order chi connectivity index (χ1) is 8.09. The molecule has 4 atom stereocenters. The van der Waals surface area contributed by atoms with Crippen molar-refractivity contribution in [3.8, 4) is 0 Å². The summed E-state index contributed by atoms with van der Waals surface area (Å²) in [4.78, 5) is -2.74. The fraction of sp³-hybridized carbons (Fsp3) is 0.800. The normalized spacial score (nSPS) is 48.8. The molecule has 0 spiro atoms. The van der Waals surface area contributed by atoms with Gasteiger partial charge >= 0.3 is 0 Å². The van der Waals surface area contributed by atoms with Gasteiger partial charge in [0.05, 0.1) is 10.8 Å². The molecule has 0 aliphatic heterocycles. The molecule has 18 heavy (non-hydrogen) atoms. The van der Waals surface area contributed by atoms with Crippen LogP contribution < -0.4 is 0 Å². The van der Waals surface area contributed by atoms with Crippen molar-refractivity contribution in [1.82, 2.24) is 0 Å². The van der Waals surface area contributed by atoms with Crippen LogP contribution in [0, 0.1) is 5.41 Å². The van der Waals surface area contributed by atoms with Crippen molar-refractivity contribution in [2.24, 2.45) is 5.41 Å². The lowest BCUT2D eigenvalue weighted by Gasteiger charge is -2.46. The zero-order chi connectivity index (χ0) is 14.1. The highest BCUT2D eigenvalue weighted by Crippen LogP contribution is 2.79. The smallest absolute Gasteiger partial charge is 0.126 e. The molecule has 0 aromatic carbocycles. The van der Waals surface area contributed by atoms with Crippen molar-refractivity contribution in [1.29, 1.82) is 0 Å². The molecule has 0 nitrogen and oxygen atoms in total. The number of alkyl halides is 8. The van der Waals surface area contributed by atoms with Crippen LogP contribution in [0.4, 0.5) is 0 Å². The molecular weight excluding hydrogens is 404 g/mol. The molecule has 2 rings (SSSR count). The summed E-state index contributed by atoms with van der Waals surface area (Å²) >= 11 is 50.6. The van der Waals surface area contributed by atoms with Gasteiger partial charge in [0.15, 0.2) is 4.33 Å². The van der Waals surface area contributed by atoms with Gasteiger partial charge in [-0.2, -0.15) is 0 Å². The second-order valence-electron chi connectivity index (χ2n) is 4.63. The molecule has 0 heterocycles. The van der Waals surface area contributed by atoms with Crippen LogP contribution in [0.2, 0.25) is 0 Å². The van der Waals surface area contributed by atoms with Crippen molar-refractivity contribution in [2.75, 3.05) is 11.8 Å². The highest BCUT2D eigenvalue weighted by Gasteiger charge is 2.88. The Hall–Kier alpha value is 2.06. The van der Waals surface area contributed by atoms with E-state index in [-0.39, 0.29) is 11.8 Å². The fourth-order valence-corrected chi connectivity index (χ4v) is 7.55. The van der Waals surface area contributed by atoms with Crippen molar-refractivity contribution in [2.45, 2.75) is 24.8 Å². The van der Waals surface area contributed by atoms with E-state index in [0.29, 0.717) is 5.57 Å². The quantitative estimate of drug-likeness (QED) is 0.423. The topological polar surface area (TPSA) is 0 Å². The van der Waals surface area contributed by atoms with Gasteiger partial charge in [-0.15, -0.1) is 69.6 Å². The molecule has 2 aliphatic carbocycles. The summed E-state index contributed by atoms with van der Waals surface area (Å²) in [7, 11) is 0. The summed E-state index contributed by atoms with van der Waals surface area (Å²) in [5.41, 5.74) is -0.528. The number of hydrogen-bond acceptors (Lipinski definition) is 0. The van der Waals surface area contributed by atoms with E-state index in [1.165, 1.54) is 0 Å². The van der Waals surface area contributed by atoms with Crippen molar-refractivity contribution in [3.05, 3.63) is 12.2 Å². The molecule has 104 valence electrons. The Morgan fingerprint density at radius 2 is 1.39 bits per heavy atom. The Labute approximate surface area is 146 Å². The molecular formula is C10H8Cl8. The Balaban J connectivity index is 2.79. The minimum absolute atomic E-state index is 0.0569. The summed E-state index contributed by atoms with van der Waals surface area (Å²) in [6.07, 6.45) is 0. The summed E-state index contributed by atoms with van der Waals surface area (Å²) in [6.45, 7) is 3.93. The van der Waals surface area contributed by atoms with Gasteiger partial charge in [0, 0.05) is 17.2 Å². The Kier molecular flexibility index (Phi) is 4.13. The van der Waals surface area contributed by atoms with Crippen LogP contribution in [-0.2, 0) is 0 Å². The predicted molar refractivity (Wildman–Crippen MR) is 83.9 cm³/mol. The van der Waals surface area contributed by atoms with E-state index in [1.54, 1.807) is 0 Å². The fourth-order valence-electron chi connectivity index (χ4n) is 2.89. The van der Waals surface area contributed by atoms with E-state index in [9.17, 15) is 0 Å². The zero-order valence-electron chi connectivity index (χ0n) is 8.80. The van der Waals surface area contributed by atoms with Crippen LogP contribution in [0.15, 0.2) is 12.2 Å². The molecule has 0 aromatic heterocycles. The molecule has 0 aromatic rings. The first-order valence-electron chi connectivity index (χ1n) is 4.95. The standard InChI is InChI=1S/C10H8Cl8/c1-4-7(2-11,3-12)9(16)6(14)5(13)8(4,15)10(9,17)18/h5-6H,1-3H2. The third kappa shape index (κ3) is 1.32.